The highest BCUT2D eigenvalue weighted by Gasteiger charge is 2.16. The van der Waals surface area contributed by atoms with E-state index in [1.807, 2.05) is 61.1 Å². The standard InChI is InChI=1S/C21H25N5O2S/c1-25(2)18(16-9-5-4-6-10-16)13-22-20(27)14-29-21-24-23-15-26(21)17-11-7-8-12-19(17)28-3/h4-12,15,18H,13-14H2,1-3H3,(H,22,27)/t18-/m1/s1. The average Bonchev–Trinajstić information content (AvgIpc) is 3.21. The third-order valence-electron chi connectivity index (χ3n) is 4.49. The van der Waals surface area contributed by atoms with Gasteiger partial charge in [-0.2, -0.15) is 0 Å². The summed E-state index contributed by atoms with van der Waals surface area (Å²) in [6.45, 7) is 0.537. The van der Waals surface area contributed by atoms with Gasteiger partial charge in [-0.1, -0.05) is 54.2 Å². The number of ether oxygens (including phenoxy) is 1. The van der Waals surface area contributed by atoms with Gasteiger partial charge in [0.15, 0.2) is 5.16 Å². The van der Waals surface area contributed by atoms with E-state index in [0.717, 1.165) is 11.4 Å². The van der Waals surface area contributed by atoms with Crippen LogP contribution in [-0.2, 0) is 4.79 Å². The summed E-state index contributed by atoms with van der Waals surface area (Å²) < 4.78 is 7.23. The van der Waals surface area contributed by atoms with Crippen molar-refractivity contribution in [1.29, 1.82) is 0 Å². The number of hydrogen-bond donors (Lipinski definition) is 1. The molecule has 0 aliphatic carbocycles. The van der Waals surface area contributed by atoms with Crippen LogP contribution >= 0.6 is 11.8 Å². The van der Waals surface area contributed by atoms with Gasteiger partial charge in [0.1, 0.15) is 12.1 Å². The quantitative estimate of drug-likeness (QED) is 0.546. The van der Waals surface area contributed by atoms with Gasteiger partial charge in [0.05, 0.1) is 24.6 Å². The number of para-hydroxylation sites is 2. The van der Waals surface area contributed by atoms with Crippen LogP contribution in [0.4, 0.5) is 0 Å². The molecule has 1 N–H and O–H groups in total. The van der Waals surface area contributed by atoms with Crippen molar-refractivity contribution in [2.75, 3.05) is 33.5 Å². The van der Waals surface area contributed by atoms with Crippen molar-refractivity contribution in [3.05, 3.63) is 66.5 Å². The number of methoxy groups -OCH3 is 1. The van der Waals surface area contributed by atoms with Crippen molar-refractivity contribution in [2.45, 2.75) is 11.2 Å². The molecule has 0 aliphatic heterocycles. The van der Waals surface area contributed by atoms with Gasteiger partial charge in [0, 0.05) is 6.54 Å². The highest BCUT2D eigenvalue weighted by molar-refractivity contribution is 7.99. The highest BCUT2D eigenvalue weighted by Crippen LogP contribution is 2.26. The summed E-state index contributed by atoms with van der Waals surface area (Å²) in [4.78, 5) is 14.5. The molecular formula is C21H25N5O2S. The summed E-state index contributed by atoms with van der Waals surface area (Å²) in [7, 11) is 5.64. The molecule has 1 atom stereocenters. The van der Waals surface area contributed by atoms with Crippen LogP contribution in [0.5, 0.6) is 5.75 Å². The lowest BCUT2D eigenvalue weighted by Gasteiger charge is -2.25. The summed E-state index contributed by atoms with van der Waals surface area (Å²) in [6, 6.07) is 17.9. The summed E-state index contributed by atoms with van der Waals surface area (Å²) >= 11 is 1.34. The summed E-state index contributed by atoms with van der Waals surface area (Å²) in [6.07, 6.45) is 1.62. The topological polar surface area (TPSA) is 72.3 Å². The van der Waals surface area contributed by atoms with E-state index in [1.165, 1.54) is 17.3 Å². The maximum Gasteiger partial charge on any atom is 0.230 e. The lowest BCUT2D eigenvalue weighted by molar-refractivity contribution is -0.118. The maximum atomic E-state index is 12.4. The molecule has 3 aromatic rings. The Kier molecular flexibility index (Phi) is 7.26. The molecule has 0 spiro atoms. The molecule has 7 nitrogen and oxygen atoms in total. The Bertz CT molecular complexity index is 930. The van der Waals surface area contributed by atoms with E-state index in [-0.39, 0.29) is 17.7 Å². The van der Waals surface area contributed by atoms with Gasteiger partial charge in [0.2, 0.25) is 5.91 Å². The molecule has 1 amide bonds. The van der Waals surface area contributed by atoms with Crippen molar-refractivity contribution in [2.24, 2.45) is 0 Å². The smallest absolute Gasteiger partial charge is 0.230 e. The van der Waals surface area contributed by atoms with Gasteiger partial charge in [-0.25, -0.2) is 0 Å². The monoisotopic (exact) mass is 411 g/mol. The zero-order valence-corrected chi connectivity index (χ0v) is 17.6. The van der Waals surface area contributed by atoms with Crippen LogP contribution in [0.25, 0.3) is 5.69 Å². The van der Waals surface area contributed by atoms with E-state index >= 15 is 0 Å². The Morgan fingerprint density at radius 3 is 2.62 bits per heavy atom. The molecule has 152 valence electrons. The molecule has 0 bridgehead atoms. The fourth-order valence-electron chi connectivity index (χ4n) is 2.98. The predicted octanol–water partition coefficient (Wildman–Crippen LogP) is 2.79. The number of nitrogens with one attached hydrogen (secondary N) is 1. The Morgan fingerprint density at radius 2 is 1.90 bits per heavy atom. The molecule has 29 heavy (non-hydrogen) atoms. The number of amides is 1. The number of carbonyl (C=O) groups is 1. The molecule has 8 heteroatoms. The molecule has 0 saturated carbocycles. The number of rotatable bonds is 9. The summed E-state index contributed by atoms with van der Waals surface area (Å²) in [5.74, 6) is 0.922. The summed E-state index contributed by atoms with van der Waals surface area (Å²) in [5.41, 5.74) is 2.00. The average molecular weight is 412 g/mol. The van der Waals surface area contributed by atoms with Gasteiger partial charge in [-0.05, 0) is 31.8 Å². The van der Waals surface area contributed by atoms with E-state index in [0.29, 0.717) is 11.7 Å². The van der Waals surface area contributed by atoms with Crippen LogP contribution < -0.4 is 10.1 Å². The van der Waals surface area contributed by atoms with Crippen LogP contribution in [0.3, 0.4) is 0 Å². The second-order valence-electron chi connectivity index (χ2n) is 6.64. The van der Waals surface area contributed by atoms with Gasteiger partial charge in [-0.15, -0.1) is 10.2 Å². The van der Waals surface area contributed by atoms with Crippen LogP contribution in [0.1, 0.15) is 11.6 Å². The first-order valence-electron chi connectivity index (χ1n) is 9.24. The van der Waals surface area contributed by atoms with Crippen LogP contribution in [0, 0.1) is 0 Å². The normalized spacial score (nSPS) is 12.0. The third-order valence-corrected chi connectivity index (χ3v) is 5.44. The van der Waals surface area contributed by atoms with Crippen molar-refractivity contribution in [3.8, 4) is 11.4 Å². The van der Waals surface area contributed by atoms with Crippen molar-refractivity contribution < 1.29 is 9.53 Å². The number of benzene rings is 2. The molecule has 1 aromatic heterocycles. The molecule has 0 unspecified atom stereocenters. The summed E-state index contributed by atoms with van der Waals surface area (Å²) in [5, 5.41) is 11.8. The molecular weight excluding hydrogens is 386 g/mol. The number of thioether (sulfide) groups is 1. The van der Waals surface area contributed by atoms with Gasteiger partial charge >= 0.3 is 0 Å². The Balaban J connectivity index is 1.60. The Labute approximate surface area is 175 Å². The minimum Gasteiger partial charge on any atom is -0.495 e. The second-order valence-corrected chi connectivity index (χ2v) is 7.58. The zero-order chi connectivity index (χ0) is 20.6. The Morgan fingerprint density at radius 1 is 1.17 bits per heavy atom. The van der Waals surface area contributed by atoms with Crippen LogP contribution in [-0.4, -0.2) is 59.1 Å². The first-order valence-corrected chi connectivity index (χ1v) is 10.2. The van der Waals surface area contributed by atoms with E-state index in [4.69, 9.17) is 4.74 Å². The van der Waals surface area contributed by atoms with Crippen molar-refractivity contribution in [3.63, 3.8) is 0 Å². The van der Waals surface area contributed by atoms with E-state index in [1.54, 1.807) is 13.4 Å². The zero-order valence-electron chi connectivity index (χ0n) is 16.8. The number of nitrogens with zero attached hydrogens (tertiary/aromatic N) is 4. The van der Waals surface area contributed by atoms with E-state index in [2.05, 4.69) is 32.5 Å². The fourth-order valence-corrected chi connectivity index (χ4v) is 3.73. The molecule has 0 radical (unpaired) electrons. The predicted molar refractivity (Wildman–Crippen MR) is 115 cm³/mol. The lowest BCUT2D eigenvalue weighted by atomic mass is 10.1. The molecule has 0 saturated heterocycles. The highest BCUT2D eigenvalue weighted by atomic mass is 32.2. The number of carbonyl (C=O) groups excluding carboxylic acids is 1. The maximum absolute atomic E-state index is 12.4. The Hall–Kier alpha value is -2.84. The van der Waals surface area contributed by atoms with Crippen LogP contribution in [0.15, 0.2) is 66.1 Å². The molecule has 0 fully saturated rings. The first-order chi connectivity index (χ1) is 14.1. The minimum atomic E-state index is -0.0487. The molecule has 3 rings (SSSR count). The third kappa shape index (κ3) is 5.36. The van der Waals surface area contributed by atoms with E-state index < -0.39 is 0 Å². The van der Waals surface area contributed by atoms with Gasteiger partial charge in [0.25, 0.3) is 0 Å². The lowest BCUT2D eigenvalue weighted by Crippen LogP contribution is -2.35. The second kappa shape index (κ2) is 10.1. The van der Waals surface area contributed by atoms with Gasteiger partial charge < -0.3 is 15.0 Å². The number of likely N-dealkylation sites (N-methyl/N-ethyl adjacent to an activating group) is 1. The van der Waals surface area contributed by atoms with Crippen molar-refractivity contribution in [1.82, 2.24) is 25.0 Å². The molecule has 2 aromatic carbocycles. The first kappa shape index (κ1) is 20.9. The largest absolute Gasteiger partial charge is 0.495 e. The van der Waals surface area contributed by atoms with E-state index in [9.17, 15) is 4.79 Å². The van der Waals surface area contributed by atoms with Crippen LogP contribution in [0.2, 0.25) is 0 Å². The van der Waals surface area contributed by atoms with Gasteiger partial charge in [-0.3, -0.25) is 9.36 Å². The molecule has 1 heterocycles. The van der Waals surface area contributed by atoms with Crippen molar-refractivity contribution >= 4 is 17.7 Å². The molecule has 0 aliphatic rings. The number of hydrogen-bond acceptors (Lipinski definition) is 6. The minimum absolute atomic E-state index is 0.0487. The fraction of sp³-hybridized carbons (Fsp3) is 0.286. The number of aromatic nitrogens is 3. The SMILES string of the molecule is COc1ccccc1-n1cnnc1SCC(=O)NC[C@H](c1ccccc1)N(C)C.